The second-order valence-electron chi connectivity index (χ2n) is 13.3. The lowest BCUT2D eigenvalue weighted by molar-refractivity contribution is 0.0125. The van der Waals surface area contributed by atoms with Crippen LogP contribution in [0, 0.1) is 0 Å². The summed E-state index contributed by atoms with van der Waals surface area (Å²) in [7, 11) is -0.919. The minimum absolute atomic E-state index is 0.0595. The van der Waals surface area contributed by atoms with Crippen LogP contribution in [0.5, 0.6) is 0 Å². The molecule has 1 heterocycles. The van der Waals surface area contributed by atoms with Crippen LogP contribution in [-0.4, -0.2) is 51.2 Å². The first-order valence-electron chi connectivity index (χ1n) is 14.9. The van der Waals surface area contributed by atoms with Crippen molar-refractivity contribution in [1.82, 2.24) is 5.01 Å². The Morgan fingerprint density at radius 2 is 1.68 bits per heavy atom. The fraction of sp³-hybridized carbons (Fsp3) is 0.471. The van der Waals surface area contributed by atoms with Crippen molar-refractivity contribution in [2.75, 3.05) is 25.2 Å². The summed E-state index contributed by atoms with van der Waals surface area (Å²) < 4.78 is 18.0. The van der Waals surface area contributed by atoms with Crippen LogP contribution in [0.25, 0.3) is 10.4 Å². The van der Waals surface area contributed by atoms with E-state index in [2.05, 4.69) is 40.8 Å². The minimum Gasteiger partial charge on any atom is -0.465 e. The molecular weight excluding hydrogens is 612 g/mol. The molecule has 44 heavy (non-hydrogen) atoms. The highest BCUT2D eigenvalue weighted by molar-refractivity contribution is 7.14. The number of benzene rings is 2. The van der Waals surface area contributed by atoms with Gasteiger partial charge in [-0.25, -0.2) is 14.6 Å². The van der Waals surface area contributed by atoms with Gasteiger partial charge in [-0.3, -0.25) is 5.01 Å². The van der Waals surface area contributed by atoms with Gasteiger partial charge in [0.15, 0.2) is 8.32 Å². The Bertz CT molecular complexity index is 1430. The Balaban J connectivity index is 2.15. The number of amides is 1. The Kier molecular flexibility index (Phi) is 11.7. The molecule has 3 aromatic rings. The maximum absolute atomic E-state index is 14.1. The Labute approximate surface area is 273 Å². The first-order valence-corrected chi connectivity index (χ1v) is 19.1. The van der Waals surface area contributed by atoms with Crippen LogP contribution in [0.2, 0.25) is 23.2 Å². The van der Waals surface area contributed by atoms with Gasteiger partial charge in [-0.15, -0.1) is 11.3 Å². The number of methoxy groups -OCH3 is 1. The van der Waals surface area contributed by atoms with Crippen LogP contribution in [0.3, 0.4) is 0 Å². The van der Waals surface area contributed by atoms with Crippen molar-refractivity contribution >= 4 is 49.0 Å². The molecule has 0 bridgehead atoms. The monoisotopic (exact) mass is 658 g/mol. The smallest absolute Gasteiger partial charge is 0.429 e. The number of nitrogens with zero attached hydrogens (tertiary/aromatic N) is 2. The van der Waals surface area contributed by atoms with Crippen LogP contribution in [0.4, 0.5) is 10.5 Å². The summed E-state index contributed by atoms with van der Waals surface area (Å²) in [6.07, 6.45) is -0.178. The summed E-state index contributed by atoms with van der Waals surface area (Å²) in [6.45, 7) is 19.4. The van der Waals surface area contributed by atoms with E-state index in [0.29, 0.717) is 17.1 Å². The minimum atomic E-state index is -2.30. The first-order chi connectivity index (χ1) is 20.5. The molecule has 0 aliphatic heterocycles. The van der Waals surface area contributed by atoms with Gasteiger partial charge in [0.2, 0.25) is 0 Å². The van der Waals surface area contributed by atoms with Gasteiger partial charge in [-0.1, -0.05) is 63.6 Å². The summed E-state index contributed by atoms with van der Waals surface area (Å²) in [6, 6.07) is 17.3. The van der Waals surface area contributed by atoms with Crippen molar-refractivity contribution < 1.29 is 23.5 Å². The topological polar surface area (TPSA) is 68.3 Å². The fourth-order valence-corrected chi connectivity index (χ4v) is 6.76. The number of hydrazine groups is 1. The number of rotatable bonds is 11. The zero-order chi connectivity index (χ0) is 32.9. The highest BCUT2D eigenvalue weighted by Gasteiger charge is 2.41. The van der Waals surface area contributed by atoms with Crippen LogP contribution < -0.4 is 5.01 Å². The molecule has 0 saturated carbocycles. The molecule has 10 heteroatoms. The average molecular weight is 659 g/mol. The molecule has 0 aliphatic rings. The molecule has 0 unspecified atom stereocenters. The predicted octanol–water partition coefficient (Wildman–Crippen LogP) is 9.99. The van der Waals surface area contributed by atoms with E-state index >= 15 is 0 Å². The van der Waals surface area contributed by atoms with Crippen molar-refractivity contribution in [3.63, 3.8) is 0 Å². The lowest BCUT2D eigenvalue weighted by atomic mass is 10.1. The second-order valence-corrected chi connectivity index (χ2v) is 19.4. The number of carbonyl (C=O) groups excluding carboxylic acids is 2. The van der Waals surface area contributed by atoms with E-state index in [9.17, 15) is 9.59 Å². The fourth-order valence-electron chi connectivity index (χ4n) is 4.41. The molecule has 1 atom stereocenters. The third-order valence-corrected chi connectivity index (χ3v) is 13.3. The average Bonchev–Trinajstić information content (AvgIpc) is 3.42. The van der Waals surface area contributed by atoms with Crippen LogP contribution >= 0.6 is 22.9 Å². The number of halogens is 1. The summed E-state index contributed by atoms with van der Waals surface area (Å²) in [5.74, 6) is -0.389. The van der Waals surface area contributed by atoms with Gasteiger partial charge in [0.25, 0.3) is 0 Å². The normalized spacial score (nSPS) is 12.9. The number of esters is 1. The van der Waals surface area contributed by atoms with Crippen LogP contribution in [0.1, 0.15) is 76.9 Å². The number of carbonyl (C=O) groups is 2. The Hall–Kier alpha value is -2.85. The second kappa shape index (κ2) is 14.5. The summed E-state index contributed by atoms with van der Waals surface area (Å²) in [5, 5.41) is 6.03. The molecular formula is C34H47ClN2O5SSi. The first kappa shape index (κ1) is 35.6. The largest absolute Gasteiger partial charge is 0.465 e. The highest BCUT2D eigenvalue weighted by atomic mass is 35.5. The third kappa shape index (κ3) is 9.09. The van der Waals surface area contributed by atoms with Gasteiger partial charge in [0.1, 0.15) is 5.60 Å². The quantitative estimate of drug-likeness (QED) is 0.116. The van der Waals surface area contributed by atoms with Crippen molar-refractivity contribution in [3.05, 3.63) is 76.1 Å². The van der Waals surface area contributed by atoms with E-state index < -0.39 is 26.1 Å². The maximum atomic E-state index is 14.1. The molecule has 0 aliphatic carbocycles. The van der Waals surface area contributed by atoms with Crippen LogP contribution in [-0.2, 0) is 13.9 Å². The molecule has 3 rings (SSSR count). The van der Waals surface area contributed by atoms with Gasteiger partial charge in [0.05, 0.1) is 31.0 Å². The number of ether oxygens (including phenoxy) is 2. The van der Waals surface area contributed by atoms with E-state index in [-0.39, 0.29) is 17.6 Å². The van der Waals surface area contributed by atoms with Gasteiger partial charge < -0.3 is 13.9 Å². The van der Waals surface area contributed by atoms with E-state index in [1.165, 1.54) is 18.4 Å². The number of hydrogen-bond acceptors (Lipinski definition) is 7. The summed E-state index contributed by atoms with van der Waals surface area (Å²) >= 11 is 7.93. The standard InChI is InChI=1S/C34H47ClN2O5SSi/c1-11-19-36(27-17-13-15-25(22-27)30-28(18-20-43-30)31(38)40-8)37(32(39)41-33(2,3)4)23-29(24-14-12-16-26(35)21-24)42-44(9,10)34(5,6)7/h12-18,20-22,29H,11,19,23H2,1-10H3/t29-/m0/s1. The zero-order valence-corrected chi connectivity index (χ0v) is 30.3. The molecule has 240 valence electrons. The van der Waals surface area contributed by atoms with Gasteiger partial charge in [-0.05, 0) is 92.2 Å². The lowest BCUT2D eigenvalue weighted by Gasteiger charge is -2.43. The summed E-state index contributed by atoms with van der Waals surface area (Å²) in [5.41, 5.74) is 2.32. The molecule has 0 saturated heterocycles. The number of anilines is 1. The summed E-state index contributed by atoms with van der Waals surface area (Å²) in [4.78, 5) is 27.3. The van der Waals surface area contributed by atoms with E-state index in [4.69, 9.17) is 25.5 Å². The Morgan fingerprint density at radius 1 is 1.00 bits per heavy atom. The van der Waals surface area contributed by atoms with Crippen molar-refractivity contribution in [1.29, 1.82) is 0 Å². The predicted molar refractivity (Wildman–Crippen MR) is 184 cm³/mol. The molecule has 0 spiro atoms. The third-order valence-electron chi connectivity index (χ3n) is 7.61. The molecule has 0 fully saturated rings. The maximum Gasteiger partial charge on any atom is 0.429 e. The highest BCUT2D eigenvalue weighted by Crippen LogP contribution is 2.41. The molecule has 0 radical (unpaired) electrons. The van der Waals surface area contributed by atoms with E-state index in [1.54, 1.807) is 11.1 Å². The van der Waals surface area contributed by atoms with Crippen molar-refractivity contribution in [2.45, 2.75) is 84.7 Å². The van der Waals surface area contributed by atoms with Crippen LogP contribution in [0.15, 0.2) is 60.0 Å². The SMILES string of the molecule is CCCN(c1cccc(-c2sccc2C(=O)OC)c1)N(C[C@H](O[Si](C)(C)C(C)(C)C)c1cccc(Cl)c1)C(=O)OC(C)(C)C. The Morgan fingerprint density at radius 3 is 2.27 bits per heavy atom. The van der Waals surface area contributed by atoms with Crippen molar-refractivity contribution in [3.8, 4) is 10.4 Å². The van der Waals surface area contributed by atoms with Crippen molar-refractivity contribution in [2.24, 2.45) is 0 Å². The molecule has 7 nitrogen and oxygen atoms in total. The molecule has 0 N–H and O–H groups in total. The molecule has 1 amide bonds. The van der Waals surface area contributed by atoms with E-state index in [1.807, 2.05) is 79.7 Å². The molecule has 1 aromatic heterocycles. The number of thiophene rings is 1. The number of hydrogen-bond donors (Lipinski definition) is 0. The van der Waals surface area contributed by atoms with E-state index in [0.717, 1.165) is 28.1 Å². The van der Waals surface area contributed by atoms with Gasteiger partial charge in [0, 0.05) is 16.4 Å². The molecule has 2 aromatic carbocycles. The van der Waals surface area contributed by atoms with Gasteiger partial charge >= 0.3 is 12.1 Å². The lowest BCUT2D eigenvalue weighted by Crippen LogP contribution is -2.52. The van der Waals surface area contributed by atoms with Gasteiger partial charge in [-0.2, -0.15) is 0 Å². The zero-order valence-electron chi connectivity index (χ0n) is 27.7.